The maximum Gasteiger partial charge on any atom is 0.409 e. The molecule has 0 atom stereocenters. The van der Waals surface area contributed by atoms with E-state index in [0.717, 1.165) is 0 Å². The summed E-state index contributed by atoms with van der Waals surface area (Å²) in [4.78, 5) is 42.4. The van der Waals surface area contributed by atoms with Crippen molar-refractivity contribution in [1.29, 1.82) is 0 Å². The van der Waals surface area contributed by atoms with Crippen LogP contribution in [0.15, 0.2) is 16.9 Å². The minimum atomic E-state index is -0.375. The Kier molecular flexibility index (Phi) is 5.53. The third-order valence-corrected chi connectivity index (χ3v) is 4.44. The molecule has 1 aromatic carbocycles. The summed E-state index contributed by atoms with van der Waals surface area (Å²) in [5, 5.41) is 5.65. The van der Waals surface area contributed by atoms with Gasteiger partial charge in [0.2, 0.25) is 0 Å². The second kappa shape index (κ2) is 8.02. The Labute approximate surface area is 155 Å². The fourth-order valence-electron chi connectivity index (χ4n) is 3.09. The zero-order chi connectivity index (χ0) is 19.4. The Hall–Kier alpha value is -3.17. The van der Waals surface area contributed by atoms with Crippen LogP contribution in [0, 0.1) is 0 Å². The van der Waals surface area contributed by atoms with Crippen LogP contribution in [-0.4, -0.2) is 59.8 Å². The first-order valence-corrected chi connectivity index (χ1v) is 8.79. The van der Waals surface area contributed by atoms with Gasteiger partial charge in [0, 0.05) is 25.2 Å². The monoisotopic (exact) mass is 377 g/mol. The van der Waals surface area contributed by atoms with E-state index in [2.05, 4.69) is 20.6 Å². The molecule has 0 radical (unpaired) electrons. The highest BCUT2D eigenvalue weighted by Gasteiger charge is 2.24. The summed E-state index contributed by atoms with van der Waals surface area (Å²) in [6.07, 6.45) is 0.972. The lowest BCUT2D eigenvalue weighted by Crippen LogP contribution is -2.47. The molecule has 0 bridgehead atoms. The molecule has 0 unspecified atom stereocenters. The van der Waals surface area contributed by atoms with Crippen molar-refractivity contribution in [3.63, 3.8) is 0 Å². The third kappa shape index (κ3) is 4.33. The lowest BCUT2D eigenvalue weighted by Gasteiger charge is -2.31. The number of carbonyl (C=O) groups is 2. The number of hydrogen-bond donors (Lipinski definition) is 4. The van der Waals surface area contributed by atoms with Crippen molar-refractivity contribution in [2.45, 2.75) is 25.8 Å². The van der Waals surface area contributed by atoms with E-state index in [1.54, 1.807) is 24.0 Å². The number of nitrogens with zero attached hydrogens (tertiary/aromatic N) is 1. The van der Waals surface area contributed by atoms with Crippen LogP contribution >= 0.6 is 0 Å². The number of rotatable bonds is 4. The van der Waals surface area contributed by atoms with Crippen LogP contribution in [0.2, 0.25) is 0 Å². The number of nitrogens with one attached hydrogen (secondary N) is 4. The Morgan fingerprint density at radius 3 is 2.52 bits per heavy atom. The number of amides is 3. The molecule has 1 aliphatic heterocycles. The fraction of sp³-hybridized carbons (Fsp3) is 0.471. The maximum atomic E-state index is 12.3. The smallest absolute Gasteiger partial charge is 0.409 e. The van der Waals surface area contributed by atoms with E-state index in [1.807, 2.05) is 0 Å². The fourth-order valence-corrected chi connectivity index (χ4v) is 3.09. The number of hydrogen-bond acceptors (Lipinski definition) is 5. The van der Waals surface area contributed by atoms with Crippen molar-refractivity contribution in [1.82, 2.24) is 20.2 Å². The Bertz CT molecular complexity index is 881. The zero-order valence-electron chi connectivity index (χ0n) is 15.3. The number of anilines is 1. The zero-order valence-corrected chi connectivity index (χ0v) is 15.3. The molecule has 10 heteroatoms. The summed E-state index contributed by atoms with van der Waals surface area (Å²) in [6.45, 7) is 3.18. The molecule has 0 spiro atoms. The number of likely N-dealkylation sites (tertiary alicyclic amines) is 1. The molecule has 10 nitrogen and oxygen atoms in total. The minimum absolute atomic E-state index is 0.0440. The number of carbonyl (C=O) groups excluding carboxylic acids is 2. The summed E-state index contributed by atoms with van der Waals surface area (Å²) in [5.41, 5.74) is 1.27. The summed E-state index contributed by atoms with van der Waals surface area (Å²) < 4.78 is 10.3. The number of benzene rings is 1. The number of aromatic nitrogens is 2. The normalized spacial score (nSPS) is 14.8. The number of piperidine rings is 1. The van der Waals surface area contributed by atoms with Gasteiger partial charge in [0.25, 0.3) is 0 Å². The molecular formula is C17H23N5O5. The van der Waals surface area contributed by atoms with Gasteiger partial charge < -0.3 is 35.0 Å². The number of urea groups is 1. The van der Waals surface area contributed by atoms with Crippen molar-refractivity contribution in [2.75, 3.05) is 32.1 Å². The van der Waals surface area contributed by atoms with E-state index in [0.29, 0.717) is 55.0 Å². The Morgan fingerprint density at radius 2 is 1.89 bits per heavy atom. The van der Waals surface area contributed by atoms with Crippen molar-refractivity contribution < 1.29 is 19.1 Å². The van der Waals surface area contributed by atoms with E-state index in [4.69, 9.17) is 9.47 Å². The lowest BCUT2D eigenvalue weighted by atomic mass is 10.1. The molecule has 4 N–H and O–H groups in total. The summed E-state index contributed by atoms with van der Waals surface area (Å²) in [6, 6.07) is 2.85. The van der Waals surface area contributed by atoms with E-state index in [1.165, 1.54) is 7.11 Å². The molecule has 3 rings (SSSR count). The number of H-pyrrole nitrogens is 2. The second-order valence-electron chi connectivity index (χ2n) is 6.24. The standard InChI is InChI=1S/C17H23N5O5/c1-3-27-17(25)22-6-4-10(5-7-22)18-15(23)21-13-8-11-12(9-14(13)26-2)20-16(24)19-11/h8-10H,3-7H2,1-2H3,(H2,18,21,23)(H2,19,20,24). The molecule has 0 aliphatic carbocycles. The van der Waals surface area contributed by atoms with Gasteiger partial charge in [-0.15, -0.1) is 0 Å². The highest BCUT2D eigenvalue weighted by atomic mass is 16.6. The van der Waals surface area contributed by atoms with Crippen molar-refractivity contribution in [2.24, 2.45) is 0 Å². The summed E-state index contributed by atoms with van der Waals surface area (Å²) >= 11 is 0. The third-order valence-electron chi connectivity index (χ3n) is 4.44. The molecule has 1 fully saturated rings. The van der Waals surface area contributed by atoms with Gasteiger partial charge in [0.1, 0.15) is 5.75 Å². The van der Waals surface area contributed by atoms with Gasteiger partial charge in [0.15, 0.2) is 0 Å². The molecule has 2 aromatic rings. The van der Waals surface area contributed by atoms with Gasteiger partial charge in [-0.2, -0.15) is 0 Å². The van der Waals surface area contributed by atoms with Crippen LogP contribution in [0.25, 0.3) is 11.0 Å². The predicted molar refractivity (Wildman–Crippen MR) is 99.2 cm³/mol. The van der Waals surface area contributed by atoms with E-state index >= 15 is 0 Å². The molecule has 27 heavy (non-hydrogen) atoms. The first-order valence-electron chi connectivity index (χ1n) is 8.79. The number of imidazole rings is 1. The topological polar surface area (TPSA) is 129 Å². The predicted octanol–water partition coefficient (Wildman–Crippen LogP) is 1.61. The molecule has 3 amide bonds. The van der Waals surface area contributed by atoms with Gasteiger partial charge in [0.05, 0.1) is 30.4 Å². The van der Waals surface area contributed by atoms with Crippen LogP contribution in [0.4, 0.5) is 15.3 Å². The number of aromatic amines is 2. The van der Waals surface area contributed by atoms with Crippen molar-refractivity contribution >= 4 is 28.8 Å². The molecular weight excluding hydrogens is 354 g/mol. The first-order chi connectivity index (χ1) is 13.0. The number of ether oxygens (including phenoxy) is 2. The molecule has 0 saturated carbocycles. The molecule has 1 aromatic heterocycles. The number of methoxy groups -OCH3 is 1. The molecule has 1 aliphatic rings. The Balaban J connectivity index is 1.59. The minimum Gasteiger partial charge on any atom is -0.494 e. The van der Waals surface area contributed by atoms with Crippen LogP contribution in [0.5, 0.6) is 5.75 Å². The highest BCUT2D eigenvalue weighted by molar-refractivity contribution is 5.94. The van der Waals surface area contributed by atoms with Crippen LogP contribution in [-0.2, 0) is 4.74 Å². The van der Waals surface area contributed by atoms with Gasteiger partial charge in [-0.1, -0.05) is 0 Å². The van der Waals surface area contributed by atoms with E-state index < -0.39 is 0 Å². The average molecular weight is 377 g/mol. The van der Waals surface area contributed by atoms with E-state index in [-0.39, 0.29) is 23.9 Å². The highest BCUT2D eigenvalue weighted by Crippen LogP contribution is 2.28. The number of fused-ring (bicyclic) bond motifs is 1. The largest absolute Gasteiger partial charge is 0.494 e. The SMILES string of the molecule is CCOC(=O)N1CCC(NC(=O)Nc2cc3[nH]c(=O)[nH]c3cc2OC)CC1. The summed E-state index contributed by atoms with van der Waals surface area (Å²) in [5.74, 6) is 0.435. The van der Waals surface area contributed by atoms with Gasteiger partial charge in [-0.05, 0) is 25.8 Å². The van der Waals surface area contributed by atoms with Gasteiger partial charge in [-0.3, -0.25) is 0 Å². The van der Waals surface area contributed by atoms with Crippen molar-refractivity contribution in [3.8, 4) is 5.75 Å². The maximum absolute atomic E-state index is 12.3. The van der Waals surface area contributed by atoms with Crippen LogP contribution in [0.1, 0.15) is 19.8 Å². The molecule has 2 heterocycles. The Morgan fingerprint density at radius 1 is 1.22 bits per heavy atom. The molecule has 1 saturated heterocycles. The summed E-state index contributed by atoms with van der Waals surface area (Å²) in [7, 11) is 1.49. The van der Waals surface area contributed by atoms with Gasteiger partial charge >= 0.3 is 17.8 Å². The molecule has 146 valence electrons. The average Bonchev–Trinajstić information content (AvgIpc) is 3.00. The second-order valence-corrected chi connectivity index (χ2v) is 6.24. The quantitative estimate of drug-likeness (QED) is 0.643. The van der Waals surface area contributed by atoms with Crippen LogP contribution < -0.4 is 21.1 Å². The van der Waals surface area contributed by atoms with Crippen LogP contribution in [0.3, 0.4) is 0 Å². The van der Waals surface area contributed by atoms with Gasteiger partial charge in [-0.25, -0.2) is 14.4 Å². The lowest BCUT2D eigenvalue weighted by molar-refractivity contribution is 0.0959. The first kappa shape index (κ1) is 18.6. The van der Waals surface area contributed by atoms with E-state index in [9.17, 15) is 14.4 Å². The van der Waals surface area contributed by atoms with Crippen molar-refractivity contribution in [3.05, 3.63) is 22.6 Å².